The highest BCUT2D eigenvalue weighted by Gasteiger charge is 2.11. The van der Waals surface area contributed by atoms with E-state index in [1.807, 2.05) is 0 Å². The molecule has 0 amide bonds. The van der Waals surface area contributed by atoms with Crippen LogP contribution in [0.5, 0.6) is 0 Å². The minimum absolute atomic E-state index is 0.714. The molecule has 4 nitrogen and oxygen atoms in total. The predicted molar refractivity (Wildman–Crippen MR) is 87.4 cm³/mol. The molecule has 0 radical (unpaired) electrons. The molecule has 1 rings (SSSR count). The number of nitrogens with zero attached hydrogens (tertiary/aromatic N) is 2. The summed E-state index contributed by atoms with van der Waals surface area (Å²) in [6, 6.07) is 0. The second kappa shape index (κ2) is 9.56. The first-order chi connectivity index (χ1) is 9.76. The Balaban J connectivity index is 2.82. The molecule has 114 valence electrons. The van der Waals surface area contributed by atoms with Crippen LogP contribution in [0.15, 0.2) is 6.33 Å². The summed E-state index contributed by atoms with van der Waals surface area (Å²) in [4.78, 5) is 8.85. The smallest absolute Gasteiger partial charge is 0.134 e. The van der Waals surface area contributed by atoms with Crippen LogP contribution >= 0.6 is 0 Å². The van der Waals surface area contributed by atoms with Crippen LogP contribution in [0, 0.1) is 5.92 Å². The predicted octanol–water partition coefficient (Wildman–Crippen LogP) is 4.10. The van der Waals surface area contributed by atoms with Crippen molar-refractivity contribution in [3.8, 4) is 0 Å². The summed E-state index contributed by atoms with van der Waals surface area (Å²) in [6.07, 6.45) is 7.29. The van der Waals surface area contributed by atoms with Crippen molar-refractivity contribution in [2.75, 3.05) is 23.7 Å². The lowest BCUT2D eigenvalue weighted by Crippen LogP contribution is -2.16. The van der Waals surface area contributed by atoms with Gasteiger partial charge in [0, 0.05) is 18.7 Å². The van der Waals surface area contributed by atoms with Crippen molar-refractivity contribution >= 4 is 11.6 Å². The molecule has 0 unspecified atom stereocenters. The highest BCUT2D eigenvalue weighted by atomic mass is 15.1. The molecule has 0 saturated heterocycles. The van der Waals surface area contributed by atoms with E-state index in [1.165, 1.54) is 18.4 Å². The third-order valence-corrected chi connectivity index (χ3v) is 3.70. The van der Waals surface area contributed by atoms with Crippen molar-refractivity contribution in [2.24, 2.45) is 5.92 Å². The molecule has 0 saturated carbocycles. The molecule has 0 aliphatic carbocycles. The van der Waals surface area contributed by atoms with Gasteiger partial charge < -0.3 is 10.6 Å². The van der Waals surface area contributed by atoms with Crippen molar-refractivity contribution in [1.29, 1.82) is 0 Å². The van der Waals surface area contributed by atoms with Gasteiger partial charge in [-0.25, -0.2) is 9.97 Å². The minimum atomic E-state index is 0.714. The summed E-state index contributed by atoms with van der Waals surface area (Å²) in [5, 5.41) is 6.94. The SMILES string of the molecule is CCCNc1ncnc(NCC(CC)CC)c1CCC. The Morgan fingerprint density at radius 1 is 0.950 bits per heavy atom. The zero-order valence-corrected chi connectivity index (χ0v) is 13.5. The lowest BCUT2D eigenvalue weighted by Gasteiger charge is -2.18. The van der Waals surface area contributed by atoms with Gasteiger partial charge in [0.2, 0.25) is 0 Å². The van der Waals surface area contributed by atoms with Gasteiger partial charge in [0.1, 0.15) is 18.0 Å². The van der Waals surface area contributed by atoms with Gasteiger partial charge >= 0.3 is 0 Å². The zero-order chi connectivity index (χ0) is 14.8. The maximum Gasteiger partial charge on any atom is 0.134 e. The van der Waals surface area contributed by atoms with Crippen LogP contribution in [0.1, 0.15) is 58.9 Å². The summed E-state index contributed by atoms with van der Waals surface area (Å²) >= 11 is 0. The molecular weight excluding hydrogens is 248 g/mol. The van der Waals surface area contributed by atoms with Gasteiger partial charge in [-0.2, -0.15) is 0 Å². The van der Waals surface area contributed by atoms with Crippen LogP contribution in [0.4, 0.5) is 11.6 Å². The van der Waals surface area contributed by atoms with Crippen LogP contribution in [-0.4, -0.2) is 23.1 Å². The molecule has 20 heavy (non-hydrogen) atoms. The lowest BCUT2D eigenvalue weighted by atomic mass is 10.0. The van der Waals surface area contributed by atoms with Crippen molar-refractivity contribution in [3.63, 3.8) is 0 Å². The second-order valence-electron chi connectivity index (χ2n) is 5.29. The molecule has 1 aromatic rings. The normalized spacial score (nSPS) is 10.8. The highest BCUT2D eigenvalue weighted by molar-refractivity contribution is 5.57. The fourth-order valence-corrected chi connectivity index (χ4v) is 2.27. The van der Waals surface area contributed by atoms with Gasteiger partial charge in [-0.15, -0.1) is 0 Å². The van der Waals surface area contributed by atoms with E-state index < -0.39 is 0 Å². The molecule has 0 aromatic carbocycles. The van der Waals surface area contributed by atoms with Gasteiger partial charge in [-0.3, -0.25) is 0 Å². The van der Waals surface area contributed by atoms with Crippen LogP contribution in [0.2, 0.25) is 0 Å². The summed E-state index contributed by atoms with van der Waals surface area (Å²) in [6.45, 7) is 10.8. The van der Waals surface area contributed by atoms with E-state index in [4.69, 9.17) is 0 Å². The largest absolute Gasteiger partial charge is 0.370 e. The van der Waals surface area contributed by atoms with Gasteiger partial charge in [-0.05, 0) is 18.8 Å². The van der Waals surface area contributed by atoms with Gasteiger partial charge in [-0.1, -0.05) is 47.0 Å². The van der Waals surface area contributed by atoms with Crippen molar-refractivity contribution < 1.29 is 0 Å². The molecule has 0 spiro atoms. The Bertz CT molecular complexity index is 375. The summed E-state index contributed by atoms with van der Waals surface area (Å²) < 4.78 is 0. The fourth-order valence-electron chi connectivity index (χ4n) is 2.27. The van der Waals surface area contributed by atoms with Crippen LogP contribution in [0.25, 0.3) is 0 Å². The molecule has 1 heterocycles. The third kappa shape index (κ3) is 4.99. The number of nitrogens with one attached hydrogen (secondary N) is 2. The molecular formula is C16H30N4. The topological polar surface area (TPSA) is 49.8 Å². The van der Waals surface area contributed by atoms with Crippen LogP contribution < -0.4 is 10.6 Å². The number of rotatable bonds is 10. The van der Waals surface area contributed by atoms with E-state index in [0.29, 0.717) is 5.92 Å². The Morgan fingerprint density at radius 2 is 1.60 bits per heavy atom. The zero-order valence-electron chi connectivity index (χ0n) is 13.5. The molecule has 4 heteroatoms. The maximum atomic E-state index is 4.44. The Labute approximate surface area is 123 Å². The van der Waals surface area contributed by atoms with E-state index in [0.717, 1.165) is 44.0 Å². The number of hydrogen-bond donors (Lipinski definition) is 2. The van der Waals surface area contributed by atoms with E-state index in [-0.39, 0.29) is 0 Å². The monoisotopic (exact) mass is 278 g/mol. The molecule has 2 N–H and O–H groups in total. The third-order valence-electron chi connectivity index (χ3n) is 3.70. The van der Waals surface area contributed by atoms with Crippen LogP contribution in [-0.2, 0) is 6.42 Å². The highest BCUT2D eigenvalue weighted by Crippen LogP contribution is 2.22. The van der Waals surface area contributed by atoms with Crippen molar-refractivity contribution in [2.45, 2.75) is 59.8 Å². The first-order valence-electron chi connectivity index (χ1n) is 8.08. The Morgan fingerprint density at radius 3 is 2.15 bits per heavy atom. The van der Waals surface area contributed by atoms with E-state index in [2.05, 4.69) is 48.3 Å². The number of anilines is 2. The van der Waals surface area contributed by atoms with Gasteiger partial charge in [0.05, 0.1) is 0 Å². The number of aromatic nitrogens is 2. The van der Waals surface area contributed by atoms with Crippen molar-refractivity contribution in [3.05, 3.63) is 11.9 Å². The second-order valence-corrected chi connectivity index (χ2v) is 5.29. The first kappa shape index (κ1) is 16.7. The van der Waals surface area contributed by atoms with Crippen LogP contribution in [0.3, 0.4) is 0 Å². The van der Waals surface area contributed by atoms with Gasteiger partial charge in [0.25, 0.3) is 0 Å². The number of hydrogen-bond acceptors (Lipinski definition) is 4. The lowest BCUT2D eigenvalue weighted by molar-refractivity contribution is 0.518. The van der Waals surface area contributed by atoms with E-state index in [1.54, 1.807) is 6.33 Å². The van der Waals surface area contributed by atoms with E-state index in [9.17, 15) is 0 Å². The fraction of sp³-hybridized carbons (Fsp3) is 0.750. The summed E-state index contributed by atoms with van der Waals surface area (Å²) in [7, 11) is 0. The maximum absolute atomic E-state index is 4.44. The van der Waals surface area contributed by atoms with Crippen molar-refractivity contribution in [1.82, 2.24) is 9.97 Å². The standard InChI is InChI=1S/C16H30N4/c1-5-9-14-15(17-10-6-2)19-12-20-16(14)18-11-13(7-3)8-4/h12-13H,5-11H2,1-4H3,(H2,17,18,19,20). The molecule has 0 aliphatic heterocycles. The first-order valence-corrected chi connectivity index (χ1v) is 8.08. The average Bonchev–Trinajstić information content (AvgIpc) is 2.48. The Kier molecular flexibility index (Phi) is 8.00. The molecule has 0 bridgehead atoms. The molecule has 0 fully saturated rings. The minimum Gasteiger partial charge on any atom is -0.370 e. The van der Waals surface area contributed by atoms with Gasteiger partial charge in [0.15, 0.2) is 0 Å². The molecule has 0 aliphatic rings. The van der Waals surface area contributed by atoms with E-state index >= 15 is 0 Å². The molecule has 1 aromatic heterocycles. The summed E-state index contributed by atoms with van der Waals surface area (Å²) in [5.74, 6) is 2.72. The quantitative estimate of drug-likeness (QED) is 0.676. The average molecular weight is 278 g/mol. The Hall–Kier alpha value is -1.32. The molecule has 0 atom stereocenters. The summed E-state index contributed by atoms with van der Waals surface area (Å²) in [5.41, 5.74) is 1.23.